The van der Waals surface area contributed by atoms with Gasteiger partial charge in [-0.15, -0.1) is 0 Å². The zero-order chi connectivity index (χ0) is 14.8. The van der Waals surface area contributed by atoms with Crippen LogP contribution >= 0.6 is 0 Å². The van der Waals surface area contributed by atoms with Crippen molar-refractivity contribution in [2.24, 2.45) is 0 Å². The number of anilines is 1. The molecule has 2 aromatic carbocycles. The van der Waals surface area contributed by atoms with E-state index >= 15 is 0 Å². The molecule has 0 unspecified atom stereocenters. The van der Waals surface area contributed by atoms with Crippen LogP contribution in [0.4, 0.5) is 5.88 Å². The van der Waals surface area contributed by atoms with E-state index in [9.17, 15) is 0 Å². The number of hydrogen-bond acceptors (Lipinski definition) is 4. The van der Waals surface area contributed by atoms with Crippen molar-refractivity contribution in [1.29, 1.82) is 0 Å². The maximum absolute atomic E-state index is 5.97. The van der Waals surface area contributed by atoms with Crippen LogP contribution in [0.5, 0.6) is 5.75 Å². The van der Waals surface area contributed by atoms with E-state index in [1.54, 1.807) is 7.11 Å². The van der Waals surface area contributed by atoms with Crippen molar-refractivity contribution in [2.75, 3.05) is 12.8 Å². The third kappa shape index (κ3) is 2.36. The molecule has 2 N–H and O–H groups in total. The molecule has 0 saturated heterocycles. The first kappa shape index (κ1) is 13.2. The summed E-state index contributed by atoms with van der Waals surface area (Å²) in [6.07, 6.45) is 0. The van der Waals surface area contributed by atoms with Crippen molar-refractivity contribution in [1.82, 2.24) is 5.16 Å². The van der Waals surface area contributed by atoms with E-state index < -0.39 is 0 Å². The van der Waals surface area contributed by atoms with Crippen molar-refractivity contribution >= 4 is 5.88 Å². The third-order valence-electron chi connectivity index (χ3n) is 3.39. The molecule has 0 spiro atoms. The molecule has 0 aliphatic heterocycles. The molecule has 0 saturated carbocycles. The highest BCUT2D eigenvalue weighted by Crippen LogP contribution is 2.40. The van der Waals surface area contributed by atoms with Gasteiger partial charge in [-0.25, -0.2) is 0 Å². The molecule has 106 valence electrons. The summed E-state index contributed by atoms with van der Waals surface area (Å²) in [5.41, 5.74) is 10.4. The number of ether oxygens (including phenoxy) is 1. The smallest absolute Gasteiger partial charge is 0.230 e. The quantitative estimate of drug-likeness (QED) is 0.790. The Balaban J connectivity index is 2.24. The molecule has 0 fully saturated rings. The van der Waals surface area contributed by atoms with Gasteiger partial charge in [0.05, 0.1) is 12.7 Å². The fraction of sp³-hybridized carbons (Fsp3) is 0.118. The van der Waals surface area contributed by atoms with Gasteiger partial charge in [0.25, 0.3) is 0 Å². The van der Waals surface area contributed by atoms with Crippen LogP contribution in [0.25, 0.3) is 22.4 Å². The summed E-state index contributed by atoms with van der Waals surface area (Å²) in [7, 11) is 1.64. The van der Waals surface area contributed by atoms with Gasteiger partial charge in [0, 0.05) is 5.56 Å². The van der Waals surface area contributed by atoms with Crippen LogP contribution in [0.2, 0.25) is 0 Å². The van der Waals surface area contributed by atoms with Gasteiger partial charge in [0.2, 0.25) is 5.88 Å². The lowest BCUT2D eigenvalue weighted by molar-refractivity contribution is 0.414. The maximum atomic E-state index is 5.97. The highest BCUT2D eigenvalue weighted by molar-refractivity contribution is 5.88. The molecule has 0 aliphatic rings. The number of aromatic nitrogens is 1. The van der Waals surface area contributed by atoms with Crippen molar-refractivity contribution in [3.63, 3.8) is 0 Å². The van der Waals surface area contributed by atoms with Gasteiger partial charge in [-0.3, -0.25) is 0 Å². The summed E-state index contributed by atoms with van der Waals surface area (Å²) in [4.78, 5) is 0. The topological polar surface area (TPSA) is 61.3 Å². The first-order valence-corrected chi connectivity index (χ1v) is 6.66. The van der Waals surface area contributed by atoms with E-state index in [0.717, 1.165) is 28.0 Å². The number of nitrogens with zero attached hydrogens (tertiary/aromatic N) is 1. The number of nitrogens with two attached hydrogens (primary N) is 1. The monoisotopic (exact) mass is 280 g/mol. The number of hydrogen-bond donors (Lipinski definition) is 1. The average Bonchev–Trinajstić information content (AvgIpc) is 2.89. The lowest BCUT2D eigenvalue weighted by atomic mass is 9.99. The average molecular weight is 280 g/mol. The Kier molecular flexibility index (Phi) is 3.36. The molecule has 21 heavy (non-hydrogen) atoms. The Morgan fingerprint density at radius 2 is 1.86 bits per heavy atom. The fourth-order valence-electron chi connectivity index (χ4n) is 2.38. The first-order valence-electron chi connectivity index (χ1n) is 6.66. The molecule has 0 bridgehead atoms. The van der Waals surface area contributed by atoms with Crippen LogP contribution in [0.15, 0.2) is 53.1 Å². The number of nitrogen functional groups attached to an aromatic ring is 1. The Bertz CT molecular complexity index is 764. The molecule has 4 heteroatoms. The van der Waals surface area contributed by atoms with Crippen LogP contribution < -0.4 is 10.5 Å². The Labute approximate surface area is 123 Å². The summed E-state index contributed by atoms with van der Waals surface area (Å²) >= 11 is 0. The molecule has 1 heterocycles. The molecule has 0 amide bonds. The van der Waals surface area contributed by atoms with Crippen LogP contribution in [0, 0.1) is 6.92 Å². The second-order valence-electron chi connectivity index (χ2n) is 4.84. The molecule has 4 nitrogen and oxygen atoms in total. The maximum Gasteiger partial charge on any atom is 0.230 e. The summed E-state index contributed by atoms with van der Waals surface area (Å²) < 4.78 is 10.6. The van der Waals surface area contributed by atoms with E-state index in [2.05, 4.69) is 5.16 Å². The van der Waals surface area contributed by atoms with Gasteiger partial charge in [-0.2, -0.15) is 0 Å². The third-order valence-corrected chi connectivity index (χ3v) is 3.39. The normalized spacial score (nSPS) is 10.6. The van der Waals surface area contributed by atoms with E-state index in [1.807, 2.05) is 55.5 Å². The molecule has 3 rings (SSSR count). The minimum Gasteiger partial charge on any atom is -0.496 e. The largest absolute Gasteiger partial charge is 0.496 e. The summed E-state index contributed by atoms with van der Waals surface area (Å²) in [6.45, 7) is 2.02. The van der Waals surface area contributed by atoms with E-state index in [0.29, 0.717) is 11.6 Å². The standard InChI is InChI=1S/C17H16N2O2/c1-11-8-9-14(20-2)13(10-11)16-15(17(18)21-19-16)12-6-4-3-5-7-12/h3-10H,18H2,1-2H3. The Hall–Kier alpha value is -2.75. The van der Waals surface area contributed by atoms with Crippen molar-refractivity contribution in [3.05, 3.63) is 54.1 Å². The number of aryl methyl sites for hydroxylation is 1. The molecule has 0 atom stereocenters. The second kappa shape index (κ2) is 5.32. The van der Waals surface area contributed by atoms with E-state index in [-0.39, 0.29) is 0 Å². The van der Waals surface area contributed by atoms with Gasteiger partial charge >= 0.3 is 0 Å². The van der Waals surface area contributed by atoms with Gasteiger partial charge in [-0.1, -0.05) is 47.1 Å². The van der Waals surface area contributed by atoms with Crippen LogP contribution in [-0.2, 0) is 0 Å². The number of rotatable bonds is 3. The molecule has 0 radical (unpaired) electrons. The van der Waals surface area contributed by atoms with Gasteiger partial charge in [0.15, 0.2) is 0 Å². The van der Waals surface area contributed by atoms with E-state index in [4.69, 9.17) is 15.0 Å². The summed E-state index contributed by atoms with van der Waals surface area (Å²) in [5.74, 6) is 1.05. The lowest BCUT2D eigenvalue weighted by Crippen LogP contribution is -1.92. The van der Waals surface area contributed by atoms with Crippen molar-refractivity contribution < 1.29 is 9.26 Å². The fourth-order valence-corrected chi connectivity index (χ4v) is 2.38. The molecule has 3 aromatic rings. The number of methoxy groups -OCH3 is 1. The number of benzene rings is 2. The predicted octanol–water partition coefficient (Wildman–Crippen LogP) is 3.91. The van der Waals surface area contributed by atoms with Crippen LogP contribution in [0.3, 0.4) is 0 Å². The van der Waals surface area contributed by atoms with Crippen LogP contribution in [0.1, 0.15) is 5.56 Å². The highest BCUT2D eigenvalue weighted by Gasteiger charge is 2.20. The molecular weight excluding hydrogens is 264 g/mol. The van der Waals surface area contributed by atoms with Crippen molar-refractivity contribution in [2.45, 2.75) is 6.92 Å². The SMILES string of the molecule is COc1ccc(C)cc1-c1noc(N)c1-c1ccccc1. The van der Waals surface area contributed by atoms with E-state index in [1.165, 1.54) is 0 Å². The van der Waals surface area contributed by atoms with Gasteiger partial charge < -0.3 is 15.0 Å². The Morgan fingerprint density at radius 3 is 2.57 bits per heavy atom. The highest BCUT2D eigenvalue weighted by atomic mass is 16.5. The lowest BCUT2D eigenvalue weighted by Gasteiger charge is -2.09. The van der Waals surface area contributed by atoms with Gasteiger partial charge in [-0.05, 0) is 24.6 Å². The predicted molar refractivity (Wildman–Crippen MR) is 83.1 cm³/mol. The minimum atomic E-state index is 0.305. The second-order valence-corrected chi connectivity index (χ2v) is 4.84. The Morgan fingerprint density at radius 1 is 1.10 bits per heavy atom. The molecule has 0 aliphatic carbocycles. The van der Waals surface area contributed by atoms with Crippen molar-refractivity contribution in [3.8, 4) is 28.1 Å². The zero-order valence-electron chi connectivity index (χ0n) is 12.0. The summed E-state index contributed by atoms with van der Waals surface area (Å²) in [6, 6.07) is 15.8. The van der Waals surface area contributed by atoms with Gasteiger partial charge in [0.1, 0.15) is 11.4 Å². The minimum absolute atomic E-state index is 0.305. The first-order chi connectivity index (χ1) is 10.2. The summed E-state index contributed by atoms with van der Waals surface area (Å²) in [5, 5.41) is 4.13. The van der Waals surface area contributed by atoms with Crippen LogP contribution in [-0.4, -0.2) is 12.3 Å². The molecular formula is C17H16N2O2. The molecule has 1 aromatic heterocycles. The zero-order valence-corrected chi connectivity index (χ0v) is 12.0.